The van der Waals surface area contributed by atoms with Crippen molar-refractivity contribution in [1.82, 2.24) is 15.1 Å². The van der Waals surface area contributed by atoms with Crippen molar-refractivity contribution in [2.24, 2.45) is 5.84 Å². The molecule has 1 aromatic heterocycles. The lowest BCUT2D eigenvalue weighted by Crippen LogP contribution is -2.48. The first-order valence-corrected chi connectivity index (χ1v) is 7.40. The molecule has 1 aromatic carbocycles. The molecule has 1 aliphatic heterocycles. The first-order chi connectivity index (χ1) is 11.2. The van der Waals surface area contributed by atoms with E-state index in [1.54, 1.807) is 7.11 Å². The predicted octanol–water partition coefficient (Wildman–Crippen LogP) is 1.59. The van der Waals surface area contributed by atoms with E-state index in [0.717, 1.165) is 55.5 Å². The van der Waals surface area contributed by atoms with Gasteiger partial charge in [0.2, 0.25) is 0 Å². The quantitative estimate of drug-likeness (QED) is 0.683. The Morgan fingerprint density at radius 2 is 1.83 bits per heavy atom. The molecule has 0 bridgehead atoms. The molecule has 2 N–H and O–H groups in total. The van der Waals surface area contributed by atoms with Gasteiger partial charge in [-0.05, 0) is 24.3 Å². The maximum absolute atomic E-state index is 5.75. The van der Waals surface area contributed by atoms with Crippen LogP contribution in [0, 0.1) is 12.8 Å². The summed E-state index contributed by atoms with van der Waals surface area (Å²) < 4.78 is 10.6. The molecule has 3 rings (SSSR count). The lowest BCUT2D eigenvalue weighted by Gasteiger charge is -2.30. The molecule has 6 heteroatoms. The molecule has 0 spiro atoms. The molecule has 0 atom stereocenters. The van der Waals surface area contributed by atoms with E-state index in [2.05, 4.69) is 22.9 Å². The topological polar surface area (TPSA) is 67.8 Å². The number of hydrazine groups is 1. The first kappa shape index (κ1) is 17.0. The minimum atomic E-state index is 0.775. The van der Waals surface area contributed by atoms with E-state index in [4.69, 9.17) is 15.1 Å². The summed E-state index contributed by atoms with van der Waals surface area (Å²) in [6.45, 7) is 4.46. The van der Waals surface area contributed by atoms with E-state index < -0.39 is 0 Å². The van der Waals surface area contributed by atoms with Crippen LogP contribution in [0.15, 0.2) is 34.9 Å². The van der Waals surface area contributed by atoms with Gasteiger partial charge in [-0.3, -0.25) is 10.7 Å². The second kappa shape index (κ2) is 8.34. The fraction of sp³-hybridized carbons (Fsp3) is 0.353. The summed E-state index contributed by atoms with van der Waals surface area (Å²) in [5.74, 6) is 7.47. The maximum atomic E-state index is 5.75. The van der Waals surface area contributed by atoms with Crippen molar-refractivity contribution in [2.45, 2.75) is 6.54 Å². The number of nitrogens with zero attached hydrogens (tertiary/aromatic N) is 3. The van der Waals surface area contributed by atoms with Crippen molar-refractivity contribution >= 4 is 0 Å². The Bertz CT molecular complexity index is 613. The zero-order valence-corrected chi connectivity index (χ0v) is 13.3. The van der Waals surface area contributed by atoms with Crippen LogP contribution < -0.4 is 10.6 Å². The third-order valence-electron chi connectivity index (χ3n) is 3.73. The fourth-order valence-corrected chi connectivity index (χ4v) is 2.43. The lowest BCUT2D eigenvalue weighted by atomic mass is 10.1. The molecule has 0 aliphatic carbocycles. The molecule has 6 nitrogen and oxygen atoms in total. The molecule has 0 unspecified atom stereocenters. The summed E-state index contributed by atoms with van der Waals surface area (Å²) >= 11 is 0. The molecule has 0 amide bonds. The van der Waals surface area contributed by atoms with Crippen molar-refractivity contribution in [3.63, 3.8) is 0 Å². The molecule has 1 fully saturated rings. The van der Waals surface area contributed by atoms with Crippen LogP contribution in [-0.4, -0.2) is 48.4 Å². The van der Waals surface area contributed by atoms with E-state index >= 15 is 0 Å². The van der Waals surface area contributed by atoms with Gasteiger partial charge in [-0.25, -0.2) is 5.01 Å². The summed E-state index contributed by atoms with van der Waals surface area (Å²) in [5.41, 5.74) is 1.88. The van der Waals surface area contributed by atoms with Crippen LogP contribution in [0.25, 0.3) is 11.3 Å². The molecule has 122 valence electrons. The Labute approximate surface area is 136 Å². The van der Waals surface area contributed by atoms with Crippen molar-refractivity contribution in [3.05, 3.63) is 36.1 Å². The number of hydrogen-bond donors (Lipinski definition) is 1. The van der Waals surface area contributed by atoms with Gasteiger partial charge in [-0.1, -0.05) is 5.16 Å². The second-order valence-corrected chi connectivity index (χ2v) is 5.22. The molecule has 0 radical (unpaired) electrons. The third-order valence-corrected chi connectivity index (χ3v) is 3.73. The minimum Gasteiger partial charge on any atom is -0.497 e. The Morgan fingerprint density at radius 3 is 2.43 bits per heavy atom. The van der Waals surface area contributed by atoms with Crippen LogP contribution in [-0.2, 0) is 6.54 Å². The normalized spacial score (nSPS) is 15.7. The Kier molecular flexibility index (Phi) is 6.18. The van der Waals surface area contributed by atoms with Gasteiger partial charge in [0.05, 0.1) is 13.7 Å². The highest BCUT2D eigenvalue weighted by molar-refractivity contribution is 5.59. The van der Waals surface area contributed by atoms with Crippen LogP contribution in [0.5, 0.6) is 5.75 Å². The highest BCUT2D eigenvalue weighted by Crippen LogP contribution is 2.22. The van der Waals surface area contributed by atoms with Gasteiger partial charge >= 0.3 is 0 Å². The molecular weight excluding hydrogens is 292 g/mol. The largest absolute Gasteiger partial charge is 0.497 e. The van der Waals surface area contributed by atoms with Gasteiger partial charge in [0, 0.05) is 37.8 Å². The van der Waals surface area contributed by atoms with E-state index in [-0.39, 0.29) is 0 Å². The van der Waals surface area contributed by atoms with Gasteiger partial charge in [0.15, 0.2) is 5.76 Å². The van der Waals surface area contributed by atoms with E-state index in [0.29, 0.717) is 0 Å². The number of aromatic nitrogens is 1. The van der Waals surface area contributed by atoms with Crippen LogP contribution in [0.1, 0.15) is 5.76 Å². The number of hydrogen-bond acceptors (Lipinski definition) is 6. The fourth-order valence-electron chi connectivity index (χ4n) is 2.43. The van der Waals surface area contributed by atoms with Crippen LogP contribution in [0.4, 0.5) is 0 Å². The van der Waals surface area contributed by atoms with Gasteiger partial charge in [-0.2, -0.15) is 0 Å². The molecule has 23 heavy (non-hydrogen) atoms. The standard InChI is InChI=1S/C15H20N4O2.C2H2/c1-20-13-4-2-12(3-5-13)15-10-14(21-17-15)11-18-6-8-19(16)9-7-18;1-2/h2-5,10H,6-9,11,16H2,1H3;1-2H. The lowest BCUT2D eigenvalue weighted by molar-refractivity contribution is 0.119. The SMILES string of the molecule is C#C.COc1ccc(-c2cc(CN3CCN(N)CC3)on2)cc1. The average molecular weight is 314 g/mol. The molecule has 0 saturated carbocycles. The highest BCUT2D eigenvalue weighted by atomic mass is 16.5. The second-order valence-electron chi connectivity index (χ2n) is 5.22. The van der Waals surface area contributed by atoms with Gasteiger partial charge < -0.3 is 9.26 Å². The summed E-state index contributed by atoms with van der Waals surface area (Å²) in [6, 6.07) is 9.80. The molecule has 1 aliphatic rings. The van der Waals surface area contributed by atoms with Crippen LogP contribution >= 0.6 is 0 Å². The first-order valence-electron chi connectivity index (χ1n) is 7.40. The predicted molar refractivity (Wildman–Crippen MR) is 89.4 cm³/mol. The average Bonchev–Trinajstić information content (AvgIpc) is 3.07. The smallest absolute Gasteiger partial charge is 0.151 e. The van der Waals surface area contributed by atoms with Gasteiger partial charge in [-0.15, -0.1) is 12.8 Å². The van der Waals surface area contributed by atoms with E-state index in [1.807, 2.05) is 35.3 Å². The molecule has 2 heterocycles. The van der Waals surface area contributed by atoms with Crippen LogP contribution in [0.2, 0.25) is 0 Å². The summed E-state index contributed by atoms with van der Waals surface area (Å²) in [6.07, 6.45) is 8.00. The van der Waals surface area contributed by atoms with E-state index in [1.165, 1.54) is 0 Å². The van der Waals surface area contributed by atoms with E-state index in [9.17, 15) is 0 Å². The summed E-state index contributed by atoms with van der Waals surface area (Å²) in [5, 5.41) is 5.99. The summed E-state index contributed by atoms with van der Waals surface area (Å²) in [7, 11) is 1.66. The van der Waals surface area contributed by atoms with Gasteiger partial charge in [0.1, 0.15) is 11.4 Å². The molecule has 2 aromatic rings. The minimum absolute atomic E-state index is 0.775. The van der Waals surface area contributed by atoms with Crippen molar-refractivity contribution in [3.8, 4) is 29.9 Å². The number of methoxy groups -OCH3 is 1. The van der Waals surface area contributed by atoms with Crippen molar-refractivity contribution < 1.29 is 9.26 Å². The number of benzene rings is 1. The Morgan fingerprint density at radius 1 is 1.17 bits per heavy atom. The molecule has 1 saturated heterocycles. The Hall–Kier alpha value is -2.33. The highest BCUT2D eigenvalue weighted by Gasteiger charge is 2.16. The molecular formula is C17H22N4O2. The van der Waals surface area contributed by atoms with Crippen LogP contribution in [0.3, 0.4) is 0 Å². The monoisotopic (exact) mass is 314 g/mol. The number of terminal acetylenes is 1. The number of piperazine rings is 1. The van der Waals surface area contributed by atoms with Gasteiger partial charge in [0.25, 0.3) is 0 Å². The Balaban J connectivity index is 0.000000924. The summed E-state index contributed by atoms with van der Waals surface area (Å²) in [4.78, 5) is 2.32. The zero-order chi connectivity index (χ0) is 16.7. The van der Waals surface area contributed by atoms with Crippen molar-refractivity contribution in [1.29, 1.82) is 0 Å². The zero-order valence-electron chi connectivity index (χ0n) is 13.3. The van der Waals surface area contributed by atoms with Crippen molar-refractivity contribution in [2.75, 3.05) is 33.3 Å². The third kappa shape index (κ3) is 4.57. The maximum Gasteiger partial charge on any atom is 0.151 e. The number of nitrogens with two attached hydrogens (primary N) is 1. The number of ether oxygens (including phenoxy) is 1. The number of rotatable bonds is 4.